The fourth-order valence-corrected chi connectivity index (χ4v) is 2.76. The van der Waals surface area contributed by atoms with E-state index in [0.717, 1.165) is 11.4 Å². The van der Waals surface area contributed by atoms with E-state index in [0.29, 0.717) is 15.8 Å². The minimum Gasteiger partial charge on any atom is -0.503 e. The lowest BCUT2D eigenvalue weighted by atomic mass is 10.2. The topological polar surface area (TPSA) is 114 Å². The normalized spacial score (nSPS) is 11.2. The lowest BCUT2D eigenvalue weighted by Gasteiger charge is -2.06. The zero-order valence-electron chi connectivity index (χ0n) is 14.2. The van der Waals surface area contributed by atoms with E-state index >= 15 is 0 Å². The van der Waals surface area contributed by atoms with E-state index < -0.39 is 5.91 Å². The summed E-state index contributed by atoms with van der Waals surface area (Å²) in [5.41, 5.74) is 4.59. The number of ether oxygens (including phenoxy) is 1. The molecule has 0 fully saturated rings. The van der Waals surface area contributed by atoms with Crippen molar-refractivity contribution < 1.29 is 14.6 Å². The number of methoxy groups -OCH3 is 1. The summed E-state index contributed by atoms with van der Waals surface area (Å²) in [6.45, 7) is 3.70. The predicted octanol–water partition coefficient (Wildman–Crippen LogP) is 1.98. The Morgan fingerprint density at radius 2 is 2.12 bits per heavy atom. The summed E-state index contributed by atoms with van der Waals surface area (Å²) in [6.07, 6.45) is 1.41. The molecule has 0 saturated heterocycles. The van der Waals surface area contributed by atoms with Gasteiger partial charge < -0.3 is 9.84 Å². The number of fused-ring (bicyclic) bond motifs is 1. The van der Waals surface area contributed by atoms with Gasteiger partial charge in [-0.2, -0.15) is 10.1 Å². The molecule has 0 aliphatic heterocycles. The Morgan fingerprint density at radius 1 is 1.35 bits per heavy atom. The molecule has 9 nitrogen and oxygen atoms in total. The van der Waals surface area contributed by atoms with Crippen molar-refractivity contribution in [1.29, 1.82) is 0 Å². The monoisotopic (exact) mass is 418 g/mol. The smallest absolute Gasteiger partial charge is 0.311 e. The molecule has 3 aromatic rings. The Balaban J connectivity index is 1.78. The second-order valence-corrected chi connectivity index (χ2v) is 6.29. The number of phenolic OH excluding ortho intramolecular Hbond substituents is 1. The van der Waals surface area contributed by atoms with Crippen LogP contribution in [0.15, 0.2) is 27.8 Å². The Hall–Kier alpha value is -3.01. The van der Waals surface area contributed by atoms with Gasteiger partial charge in [-0.15, -0.1) is 5.10 Å². The highest BCUT2D eigenvalue weighted by molar-refractivity contribution is 9.10. The number of aromatic nitrogens is 4. The molecule has 2 heterocycles. The molecule has 0 aliphatic rings. The quantitative estimate of drug-likeness (QED) is 0.494. The third-order valence-electron chi connectivity index (χ3n) is 3.47. The number of hydrazone groups is 1. The van der Waals surface area contributed by atoms with Crippen molar-refractivity contribution in [3.8, 4) is 11.5 Å². The van der Waals surface area contributed by atoms with Crippen LogP contribution < -0.4 is 10.2 Å². The summed E-state index contributed by atoms with van der Waals surface area (Å²) in [7, 11) is 1.44. The number of hydrogen-bond acceptors (Lipinski definition) is 7. The van der Waals surface area contributed by atoms with Crippen LogP contribution in [0.1, 0.15) is 27.6 Å². The zero-order chi connectivity index (χ0) is 18.8. The van der Waals surface area contributed by atoms with Crippen LogP contribution in [-0.4, -0.2) is 43.9 Å². The Bertz CT molecular complexity index is 1030. The molecule has 0 aliphatic carbocycles. The number of amides is 1. The van der Waals surface area contributed by atoms with Crippen LogP contribution in [-0.2, 0) is 0 Å². The Labute approximate surface area is 156 Å². The van der Waals surface area contributed by atoms with Crippen molar-refractivity contribution in [3.05, 3.63) is 45.4 Å². The fraction of sp³-hybridized carbons (Fsp3) is 0.188. The van der Waals surface area contributed by atoms with Gasteiger partial charge in [0, 0.05) is 11.4 Å². The molecule has 1 amide bonds. The van der Waals surface area contributed by atoms with Crippen LogP contribution in [0.25, 0.3) is 5.78 Å². The number of benzene rings is 1. The van der Waals surface area contributed by atoms with E-state index in [-0.39, 0.29) is 17.3 Å². The number of carbonyl (C=O) groups is 1. The van der Waals surface area contributed by atoms with Gasteiger partial charge in [0.2, 0.25) is 5.82 Å². The summed E-state index contributed by atoms with van der Waals surface area (Å²) in [5, 5.41) is 17.8. The van der Waals surface area contributed by atoms with Gasteiger partial charge in [-0.05, 0) is 53.5 Å². The maximum Gasteiger partial charge on any atom is 0.311 e. The molecule has 26 heavy (non-hydrogen) atoms. The minimum absolute atomic E-state index is 0.0132. The standard InChI is InChI=1S/C16H15BrN6O3/c1-8-4-9(2)23-16(19-8)20-14(22-23)15(25)21-18-7-10-5-11(17)13(24)12(6-10)26-3/h4-7,24H,1-3H3,(H,21,25)/b18-7-. The summed E-state index contributed by atoms with van der Waals surface area (Å²) >= 11 is 3.22. The zero-order valence-corrected chi connectivity index (χ0v) is 15.8. The maximum atomic E-state index is 12.2. The number of halogens is 1. The molecule has 2 aromatic heterocycles. The van der Waals surface area contributed by atoms with Crippen LogP contribution >= 0.6 is 15.9 Å². The minimum atomic E-state index is -0.561. The van der Waals surface area contributed by atoms with Gasteiger partial charge in [0.05, 0.1) is 17.8 Å². The molecule has 0 saturated carbocycles. The van der Waals surface area contributed by atoms with Gasteiger partial charge >= 0.3 is 5.91 Å². The second kappa shape index (κ2) is 7.08. The summed E-state index contributed by atoms with van der Waals surface area (Å²) in [5.74, 6) is 0.0251. The Morgan fingerprint density at radius 3 is 2.85 bits per heavy atom. The highest BCUT2D eigenvalue weighted by atomic mass is 79.9. The van der Waals surface area contributed by atoms with E-state index in [4.69, 9.17) is 4.74 Å². The number of nitrogens with zero attached hydrogens (tertiary/aromatic N) is 5. The van der Waals surface area contributed by atoms with Crippen LogP contribution in [0.4, 0.5) is 0 Å². The van der Waals surface area contributed by atoms with Gasteiger partial charge in [-0.3, -0.25) is 4.79 Å². The average Bonchev–Trinajstić information content (AvgIpc) is 3.02. The molecular formula is C16H15BrN6O3. The molecule has 0 radical (unpaired) electrons. The molecule has 2 N–H and O–H groups in total. The van der Waals surface area contributed by atoms with Gasteiger partial charge in [0.15, 0.2) is 11.5 Å². The van der Waals surface area contributed by atoms with Crippen molar-refractivity contribution in [1.82, 2.24) is 25.0 Å². The maximum absolute atomic E-state index is 12.2. The van der Waals surface area contributed by atoms with Crippen molar-refractivity contribution in [2.24, 2.45) is 5.10 Å². The van der Waals surface area contributed by atoms with Crippen molar-refractivity contribution in [2.75, 3.05) is 7.11 Å². The van der Waals surface area contributed by atoms with E-state index in [1.54, 1.807) is 12.1 Å². The lowest BCUT2D eigenvalue weighted by molar-refractivity contribution is 0.0945. The van der Waals surface area contributed by atoms with Crippen LogP contribution in [0, 0.1) is 13.8 Å². The number of nitrogens with one attached hydrogen (secondary N) is 1. The van der Waals surface area contributed by atoms with Crippen molar-refractivity contribution in [3.63, 3.8) is 0 Å². The molecule has 0 spiro atoms. The van der Waals surface area contributed by atoms with Gasteiger partial charge in [0.1, 0.15) is 0 Å². The first-order chi connectivity index (χ1) is 12.4. The first-order valence-electron chi connectivity index (χ1n) is 7.50. The first-order valence-corrected chi connectivity index (χ1v) is 8.29. The van der Waals surface area contributed by atoms with Gasteiger partial charge in [0.25, 0.3) is 5.78 Å². The third-order valence-corrected chi connectivity index (χ3v) is 4.08. The van der Waals surface area contributed by atoms with Crippen LogP contribution in [0.5, 0.6) is 11.5 Å². The molecule has 0 unspecified atom stereocenters. The van der Waals surface area contributed by atoms with E-state index in [9.17, 15) is 9.90 Å². The molecule has 3 rings (SSSR count). The summed E-state index contributed by atoms with van der Waals surface area (Å²) in [6, 6.07) is 5.05. The molecule has 0 bridgehead atoms. The number of aromatic hydroxyl groups is 1. The van der Waals surface area contributed by atoms with E-state index in [1.165, 1.54) is 17.8 Å². The fourth-order valence-electron chi connectivity index (χ4n) is 2.30. The van der Waals surface area contributed by atoms with E-state index in [2.05, 4.69) is 41.5 Å². The van der Waals surface area contributed by atoms with E-state index in [1.807, 2.05) is 19.9 Å². The molecule has 1 aromatic carbocycles. The number of carbonyl (C=O) groups excluding carboxylic acids is 1. The lowest BCUT2D eigenvalue weighted by Crippen LogP contribution is -2.19. The van der Waals surface area contributed by atoms with Crippen LogP contribution in [0.3, 0.4) is 0 Å². The molecule has 134 valence electrons. The number of hydrogen-bond donors (Lipinski definition) is 2. The first kappa shape index (κ1) is 17.8. The predicted molar refractivity (Wildman–Crippen MR) is 97.7 cm³/mol. The molecule has 0 atom stereocenters. The van der Waals surface area contributed by atoms with Crippen LogP contribution in [0.2, 0.25) is 0 Å². The second-order valence-electron chi connectivity index (χ2n) is 5.44. The van der Waals surface area contributed by atoms with Crippen molar-refractivity contribution >= 4 is 33.8 Å². The number of aryl methyl sites for hydroxylation is 2. The molecular weight excluding hydrogens is 404 g/mol. The Kier molecular flexibility index (Phi) is 4.85. The van der Waals surface area contributed by atoms with Crippen molar-refractivity contribution in [2.45, 2.75) is 13.8 Å². The van der Waals surface area contributed by atoms with Gasteiger partial charge in [-0.25, -0.2) is 14.9 Å². The number of rotatable bonds is 4. The summed E-state index contributed by atoms with van der Waals surface area (Å²) < 4.78 is 7.00. The summed E-state index contributed by atoms with van der Waals surface area (Å²) in [4.78, 5) is 20.5. The molecule has 10 heteroatoms. The SMILES string of the molecule is COc1cc(/C=N\NC(=O)c2nc3nc(C)cc(C)n3n2)cc(Br)c1O. The highest BCUT2D eigenvalue weighted by Crippen LogP contribution is 2.34. The number of phenols is 1. The third kappa shape index (κ3) is 3.49. The van der Waals surface area contributed by atoms with Gasteiger partial charge in [-0.1, -0.05) is 0 Å². The largest absolute Gasteiger partial charge is 0.503 e. The average molecular weight is 419 g/mol. The highest BCUT2D eigenvalue weighted by Gasteiger charge is 2.14.